The number of hydrogen-bond acceptors (Lipinski definition) is 5. The lowest BCUT2D eigenvalue weighted by Crippen LogP contribution is -2.62. The summed E-state index contributed by atoms with van der Waals surface area (Å²) in [5.41, 5.74) is 0.181. The first-order valence-corrected chi connectivity index (χ1v) is 15.6. The molecule has 45 heavy (non-hydrogen) atoms. The minimum atomic E-state index is -1.28. The first-order chi connectivity index (χ1) is 21.4. The summed E-state index contributed by atoms with van der Waals surface area (Å²) in [5.74, 6) is -2.85. The monoisotopic (exact) mass is 695 g/mol. The van der Waals surface area contributed by atoms with Crippen molar-refractivity contribution in [3.05, 3.63) is 105 Å². The van der Waals surface area contributed by atoms with Gasteiger partial charge in [-0.15, -0.1) is 0 Å². The quantitative estimate of drug-likeness (QED) is 0.138. The summed E-state index contributed by atoms with van der Waals surface area (Å²) in [6.07, 6.45) is -0.112. The number of carbonyl (C=O) groups is 4. The molecule has 1 saturated heterocycles. The lowest BCUT2D eigenvalue weighted by atomic mass is 10.0. The highest BCUT2D eigenvalue weighted by atomic mass is 35.5. The molecule has 1 aliphatic rings. The van der Waals surface area contributed by atoms with Gasteiger partial charge in [0, 0.05) is 29.4 Å². The molecule has 0 bridgehead atoms. The zero-order valence-corrected chi connectivity index (χ0v) is 27.2. The Labute approximate surface area is 280 Å². The van der Waals surface area contributed by atoms with Gasteiger partial charge in [-0.05, 0) is 53.1 Å². The molecule has 1 fully saturated rings. The number of nitrogens with zero attached hydrogens (tertiary/aromatic N) is 3. The van der Waals surface area contributed by atoms with Crippen molar-refractivity contribution in [2.75, 3.05) is 20.2 Å². The summed E-state index contributed by atoms with van der Waals surface area (Å²) in [4.78, 5) is 57.3. The average Bonchev–Trinajstić information content (AvgIpc) is 3.02. The van der Waals surface area contributed by atoms with Crippen molar-refractivity contribution < 1.29 is 28.3 Å². The van der Waals surface area contributed by atoms with Crippen molar-refractivity contribution in [2.45, 2.75) is 42.9 Å². The Kier molecular flexibility index (Phi) is 12.1. The van der Waals surface area contributed by atoms with Gasteiger partial charge < -0.3 is 19.4 Å². The van der Waals surface area contributed by atoms with E-state index < -0.39 is 59.5 Å². The van der Waals surface area contributed by atoms with Crippen molar-refractivity contribution >= 4 is 70.1 Å². The molecule has 8 nitrogen and oxygen atoms in total. The normalized spacial score (nSPS) is 16.4. The third-order valence-corrected chi connectivity index (χ3v) is 8.65. The summed E-state index contributed by atoms with van der Waals surface area (Å²) < 4.78 is 18.4. The lowest BCUT2D eigenvalue weighted by molar-refractivity contribution is -0.160. The number of alkyl halides is 2. The Morgan fingerprint density at radius 3 is 1.98 bits per heavy atom. The highest BCUT2D eigenvalue weighted by Gasteiger charge is 2.43. The molecule has 0 spiro atoms. The van der Waals surface area contributed by atoms with Crippen LogP contribution in [0.3, 0.4) is 0 Å². The Bertz CT molecular complexity index is 1510. The molecule has 3 unspecified atom stereocenters. The van der Waals surface area contributed by atoms with Crippen LogP contribution in [0, 0.1) is 5.82 Å². The molecule has 13 heteroatoms. The van der Waals surface area contributed by atoms with E-state index in [2.05, 4.69) is 0 Å². The molecule has 0 aliphatic carbocycles. The Hall–Kier alpha value is -3.37. The first-order valence-electron chi connectivity index (χ1n) is 13.9. The van der Waals surface area contributed by atoms with Gasteiger partial charge in [0.05, 0.1) is 13.5 Å². The van der Waals surface area contributed by atoms with E-state index >= 15 is 0 Å². The van der Waals surface area contributed by atoms with E-state index in [9.17, 15) is 23.6 Å². The van der Waals surface area contributed by atoms with Gasteiger partial charge in [-0.25, -0.2) is 4.39 Å². The van der Waals surface area contributed by atoms with Crippen LogP contribution in [0.2, 0.25) is 10.0 Å². The maximum absolute atomic E-state index is 14.0. The predicted octanol–water partition coefficient (Wildman–Crippen LogP) is 5.68. The third-order valence-electron chi connectivity index (χ3n) is 7.36. The van der Waals surface area contributed by atoms with Crippen LogP contribution >= 0.6 is 46.4 Å². The van der Waals surface area contributed by atoms with Crippen LogP contribution in [-0.4, -0.2) is 75.6 Å². The summed E-state index contributed by atoms with van der Waals surface area (Å²) in [6.45, 7) is -0.873. The van der Waals surface area contributed by atoms with E-state index in [-0.39, 0.29) is 25.9 Å². The van der Waals surface area contributed by atoms with Gasteiger partial charge in [0.2, 0.25) is 17.7 Å². The van der Waals surface area contributed by atoms with Crippen LogP contribution in [0.1, 0.15) is 23.1 Å². The number of halogens is 5. The maximum Gasteiger partial charge on any atom is 0.325 e. The number of carbonyl (C=O) groups excluding carboxylic acids is 4. The fraction of sp³-hybridized carbons (Fsp3) is 0.312. The summed E-state index contributed by atoms with van der Waals surface area (Å²) in [7, 11) is 1.18. The minimum absolute atomic E-state index is 0.0626. The van der Waals surface area contributed by atoms with Crippen LogP contribution < -0.4 is 0 Å². The van der Waals surface area contributed by atoms with E-state index in [1.807, 2.05) is 0 Å². The van der Waals surface area contributed by atoms with Crippen LogP contribution in [0.5, 0.6) is 0 Å². The van der Waals surface area contributed by atoms with Crippen LogP contribution in [-0.2, 0) is 43.3 Å². The number of amides is 3. The van der Waals surface area contributed by atoms with Crippen molar-refractivity contribution in [1.29, 1.82) is 0 Å². The average molecular weight is 697 g/mol. The van der Waals surface area contributed by atoms with Gasteiger partial charge in [0.1, 0.15) is 36.0 Å². The molecule has 0 N–H and O–H groups in total. The minimum Gasteiger partial charge on any atom is -0.468 e. The molecule has 0 aromatic heterocycles. The van der Waals surface area contributed by atoms with Crippen LogP contribution in [0.25, 0.3) is 0 Å². The number of ether oxygens (including phenoxy) is 1. The Balaban J connectivity index is 1.61. The van der Waals surface area contributed by atoms with Gasteiger partial charge >= 0.3 is 5.97 Å². The second kappa shape index (κ2) is 15.8. The topological polar surface area (TPSA) is 87.2 Å². The van der Waals surface area contributed by atoms with E-state index in [1.54, 1.807) is 48.5 Å². The molecule has 3 aromatic rings. The second-order valence-corrected chi connectivity index (χ2v) is 12.3. The SMILES string of the molecule is COC(=O)CN(C(=O)CC1C(=O)N(C(Cl)Cc2ccc(Cl)cc2)CC(=O)N1Cc1ccc(F)cc1)C(Cl)Cc1ccc(Cl)cc1. The van der Waals surface area contributed by atoms with E-state index in [1.165, 1.54) is 41.2 Å². The number of hydrogen-bond donors (Lipinski definition) is 0. The smallest absolute Gasteiger partial charge is 0.325 e. The summed E-state index contributed by atoms with van der Waals surface area (Å²) >= 11 is 25.4. The molecule has 3 amide bonds. The molecule has 1 aliphatic heterocycles. The molecule has 4 rings (SSSR count). The molecular formula is C32H30Cl4FN3O5. The lowest BCUT2D eigenvalue weighted by Gasteiger charge is -2.42. The molecule has 3 aromatic carbocycles. The number of benzene rings is 3. The number of rotatable bonds is 12. The predicted molar refractivity (Wildman–Crippen MR) is 170 cm³/mol. The van der Waals surface area contributed by atoms with E-state index in [0.29, 0.717) is 15.6 Å². The van der Waals surface area contributed by atoms with Crippen molar-refractivity contribution in [1.82, 2.24) is 14.7 Å². The first kappa shape index (κ1) is 34.5. The van der Waals surface area contributed by atoms with Gasteiger partial charge in [-0.3, -0.25) is 19.2 Å². The highest BCUT2D eigenvalue weighted by molar-refractivity contribution is 6.30. The van der Waals surface area contributed by atoms with Crippen LogP contribution in [0.15, 0.2) is 72.8 Å². The van der Waals surface area contributed by atoms with Gasteiger partial charge in [0.15, 0.2) is 0 Å². The Morgan fingerprint density at radius 2 is 1.42 bits per heavy atom. The van der Waals surface area contributed by atoms with E-state index in [4.69, 9.17) is 51.1 Å². The second-order valence-electron chi connectivity index (χ2n) is 10.5. The zero-order valence-electron chi connectivity index (χ0n) is 24.2. The molecule has 3 atom stereocenters. The fourth-order valence-electron chi connectivity index (χ4n) is 4.91. The Morgan fingerprint density at radius 1 is 0.889 bits per heavy atom. The summed E-state index contributed by atoms with van der Waals surface area (Å²) in [5, 5.41) is 1.06. The molecule has 0 radical (unpaired) electrons. The molecule has 238 valence electrons. The maximum atomic E-state index is 14.0. The zero-order chi connectivity index (χ0) is 32.7. The van der Waals surface area contributed by atoms with Gasteiger partial charge in [-0.2, -0.15) is 0 Å². The molecule has 1 heterocycles. The number of piperazine rings is 1. The molecular weight excluding hydrogens is 667 g/mol. The summed E-state index contributed by atoms with van der Waals surface area (Å²) in [6, 6.07) is 17.9. The third kappa shape index (κ3) is 9.33. The highest BCUT2D eigenvalue weighted by Crippen LogP contribution is 2.26. The largest absolute Gasteiger partial charge is 0.468 e. The van der Waals surface area contributed by atoms with E-state index in [0.717, 1.165) is 16.0 Å². The van der Waals surface area contributed by atoms with Gasteiger partial charge in [-0.1, -0.05) is 82.8 Å². The van der Waals surface area contributed by atoms with Crippen LogP contribution in [0.4, 0.5) is 4.39 Å². The fourth-order valence-corrected chi connectivity index (χ4v) is 5.86. The van der Waals surface area contributed by atoms with Crippen molar-refractivity contribution in [3.8, 4) is 0 Å². The standard InChI is InChI=1S/C32H30Cl4FN3O5/c1-45-31(43)19-39(27(35)14-20-2-8-23(33)9-3-20)29(41)16-26-32(44)40(28(36)15-21-4-10-24(34)11-5-21)18-30(42)38(26)17-22-6-12-25(37)13-7-22/h2-13,26-28H,14-19H2,1H3. The van der Waals surface area contributed by atoms with Gasteiger partial charge in [0.25, 0.3) is 0 Å². The van der Waals surface area contributed by atoms with Crippen molar-refractivity contribution in [2.24, 2.45) is 0 Å². The number of esters is 1. The van der Waals surface area contributed by atoms with Crippen molar-refractivity contribution in [3.63, 3.8) is 0 Å². The molecule has 0 saturated carbocycles. The number of methoxy groups -OCH3 is 1.